The molecule has 0 heterocycles. The first kappa shape index (κ1) is 18.1. The van der Waals surface area contributed by atoms with Crippen LogP contribution in [0.15, 0.2) is 30.2 Å². The van der Waals surface area contributed by atoms with Crippen LogP contribution in [0.1, 0.15) is 50.2 Å². The molecule has 22 heavy (non-hydrogen) atoms. The number of rotatable bonds is 8. The first-order chi connectivity index (χ1) is 10.6. The molecule has 0 aromatic heterocycles. The Kier molecular flexibility index (Phi) is 7.50. The van der Waals surface area contributed by atoms with Crippen molar-refractivity contribution in [2.24, 2.45) is 0 Å². The van der Waals surface area contributed by atoms with Crippen LogP contribution in [0.3, 0.4) is 0 Å². The molecule has 0 radical (unpaired) electrons. The third-order valence-electron chi connectivity index (χ3n) is 3.64. The summed E-state index contributed by atoms with van der Waals surface area (Å²) in [5.74, 6) is 0.628. The molecule has 0 fully saturated rings. The highest BCUT2D eigenvalue weighted by atomic mass is 16.6. The Morgan fingerprint density at radius 2 is 2.00 bits per heavy atom. The summed E-state index contributed by atoms with van der Waals surface area (Å²) >= 11 is 0. The van der Waals surface area contributed by atoms with Gasteiger partial charge in [-0.2, -0.15) is 0 Å². The summed E-state index contributed by atoms with van der Waals surface area (Å²) in [5, 5.41) is 0. The van der Waals surface area contributed by atoms with Gasteiger partial charge in [0.25, 0.3) is 0 Å². The lowest BCUT2D eigenvalue weighted by atomic mass is 9.91. The average Bonchev–Trinajstić information content (AvgIpc) is 2.53. The van der Waals surface area contributed by atoms with E-state index in [0.29, 0.717) is 11.7 Å². The lowest BCUT2D eigenvalue weighted by Gasteiger charge is -2.17. The fourth-order valence-corrected chi connectivity index (χ4v) is 2.38. The van der Waals surface area contributed by atoms with Crippen molar-refractivity contribution in [3.63, 3.8) is 0 Å². The molecule has 0 spiro atoms. The SMILES string of the molecule is CCCC(CC)c1ccc(C)c(O/C(=C\OC)C(=O)OC)c1. The van der Waals surface area contributed by atoms with Gasteiger partial charge < -0.3 is 14.2 Å². The van der Waals surface area contributed by atoms with E-state index in [1.54, 1.807) is 0 Å². The fraction of sp³-hybridized carbons (Fsp3) is 0.500. The number of hydrogen-bond acceptors (Lipinski definition) is 4. The van der Waals surface area contributed by atoms with Gasteiger partial charge in [-0.05, 0) is 42.9 Å². The number of ether oxygens (including phenoxy) is 3. The summed E-state index contributed by atoms with van der Waals surface area (Å²) in [6, 6.07) is 6.15. The highest BCUT2D eigenvalue weighted by Crippen LogP contribution is 2.30. The molecule has 1 unspecified atom stereocenters. The molecule has 0 N–H and O–H groups in total. The maximum atomic E-state index is 11.7. The minimum atomic E-state index is -0.563. The number of hydrogen-bond donors (Lipinski definition) is 0. The van der Waals surface area contributed by atoms with Gasteiger partial charge in [0, 0.05) is 0 Å². The molecular formula is C18H26O4. The summed E-state index contributed by atoms with van der Waals surface area (Å²) < 4.78 is 15.3. The largest absolute Gasteiger partial charge is 0.500 e. The zero-order valence-electron chi connectivity index (χ0n) is 14.1. The van der Waals surface area contributed by atoms with E-state index in [4.69, 9.17) is 14.2 Å². The van der Waals surface area contributed by atoms with Crippen molar-refractivity contribution in [3.8, 4) is 5.75 Å². The molecule has 0 amide bonds. The summed E-state index contributed by atoms with van der Waals surface area (Å²) in [4.78, 5) is 11.7. The van der Waals surface area contributed by atoms with Crippen molar-refractivity contribution in [3.05, 3.63) is 41.3 Å². The van der Waals surface area contributed by atoms with E-state index >= 15 is 0 Å². The topological polar surface area (TPSA) is 44.8 Å². The fourth-order valence-electron chi connectivity index (χ4n) is 2.38. The molecule has 1 atom stereocenters. The normalized spacial score (nSPS) is 12.7. The molecule has 0 saturated carbocycles. The number of benzene rings is 1. The number of methoxy groups -OCH3 is 2. The van der Waals surface area contributed by atoms with Gasteiger partial charge in [-0.25, -0.2) is 4.79 Å². The molecule has 4 nitrogen and oxygen atoms in total. The summed E-state index contributed by atoms with van der Waals surface area (Å²) in [7, 11) is 2.77. The molecule has 1 rings (SSSR count). The van der Waals surface area contributed by atoms with Gasteiger partial charge in [0.1, 0.15) is 12.0 Å². The molecule has 122 valence electrons. The van der Waals surface area contributed by atoms with Crippen molar-refractivity contribution in [1.82, 2.24) is 0 Å². The second kappa shape index (κ2) is 9.13. The predicted molar refractivity (Wildman–Crippen MR) is 86.9 cm³/mol. The number of carbonyl (C=O) groups is 1. The van der Waals surface area contributed by atoms with E-state index in [2.05, 4.69) is 19.9 Å². The van der Waals surface area contributed by atoms with Crippen LogP contribution in [0.2, 0.25) is 0 Å². The highest BCUT2D eigenvalue weighted by Gasteiger charge is 2.16. The van der Waals surface area contributed by atoms with Crippen molar-refractivity contribution in [2.75, 3.05) is 14.2 Å². The van der Waals surface area contributed by atoms with Crippen LogP contribution in [0.25, 0.3) is 0 Å². The first-order valence-electron chi connectivity index (χ1n) is 7.66. The van der Waals surface area contributed by atoms with E-state index < -0.39 is 5.97 Å². The molecule has 4 heteroatoms. The molecule has 0 aliphatic rings. The maximum absolute atomic E-state index is 11.7. The van der Waals surface area contributed by atoms with E-state index in [9.17, 15) is 4.79 Å². The molecule has 0 bridgehead atoms. The monoisotopic (exact) mass is 306 g/mol. The van der Waals surface area contributed by atoms with Gasteiger partial charge in [-0.1, -0.05) is 32.4 Å². The first-order valence-corrected chi connectivity index (χ1v) is 7.66. The van der Waals surface area contributed by atoms with Gasteiger partial charge in [0.05, 0.1) is 14.2 Å². The van der Waals surface area contributed by atoms with E-state index in [1.165, 1.54) is 26.0 Å². The second-order valence-electron chi connectivity index (χ2n) is 5.23. The zero-order valence-corrected chi connectivity index (χ0v) is 14.1. The smallest absolute Gasteiger partial charge is 0.377 e. The number of aryl methyl sites for hydroxylation is 1. The second-order valence-corrected chi connectivity index (χ2v) is 5.23. The van der Waals surface area contributed by atoms with Crippen LogP contribution < -0.4 is 4.74 Å². The summed E-state index contributed by atoms with van der Waals surface area (Å²) in [6.45, 7) is 6.32. The van der Waals surface area contributed by atoms with Crippen LogP contribution in [0.4, 0.5) is 0 Å². The van der Waals surface area contributed by atoms with Gasteiger partial charge in [-0.15, -0.1) is 0 Å². The van der Waals surface area contributed by atoms with Crippen LogP contribution in [0, 0.1) is 6.92 Å². The summed E-state index contributed by atoms with van der Waals surface area (Å²) in [5.41, 5.74) is 2.19. The Labute approximate surface area is 133 Å². The van der Waals surface area contributed by atoms with E-state index in [1.807, 2.05) is 19.1 Å². The van der Waals surface area contributed by atoms with Crippen LogP contribution in [0.5, 0.6) is 5.75 Å². The highest BCUT2D eigenvalue weighted by molar-refractivity contribution is 5.86. The standard InChI is InChI=1S/C18H26O4/c1-6-8-14(7-2)15-10-9-13(3)16(11-15)22-17(12-20-4)18(19)21-5/h9-12,14H,6-8H2,1-5H3/b17-12-. The lowest BCUT2D eigenvalue weighted by molar-refractivity contribution is -0.138. The zero-order chi connectivity index (χ0) is 16.5. The Hall–Kier alpha value is -1.97. The maximum Gasteiger partial charge on any atom is 0.377 e. The van der Waals surface area contributed by atoms with Gasteiger partial charge in [0.15, 0.2) is 0 Å². The lowest BCUT2D eigenvalue weighted by Crippen LogP contribution is -2.12. The number of carbonyl (C=O) groups excluding carboxylic acids is 1. The molecule has 0 saturated heterocycles. The quantitative estimate of drug-likeness (QED) is 0.407. The van der Waals surface area contributed by atoms with Crippen molar-refractivity contribution >= 4 is 5.97 Å². The van der Waals surface area contributed by atoms with E-state index in [-0.39, 0.29) is 5.76 Å². The third-order valence-corrected chi connectivity index (χ3v) is 3.64. The van der Waals surface area contributed by atoms with Crippen molar-refractivity contribution in [1.29, 1.82) is 0 Å². The van der Waals surface area contributed by atoms with Gasteiger partial charge >= 0.3 is 5.97 Å². The molecule has 1 aromatic carbocycles. The van der Waals surface area contributed by atoms with E-state index in [0.717, 1.165) is 24.8 Å². The van der Waals surface area contributed by atoms with Gasteiger partial charge in [0.2, 0.25) is 5.76 Å². The van der Waals surface area contributed by atoms with Crippen LogP contribution >= 0.6 is 0 Å². The Morgan fingerprint density at radius 3 is 2.55 bits per heavy atom. The Bertz CT molecular complexity index is 520. The predicted octanol–water partition coefficient (Wildman–Crippen LogP) is 4.33. The Balaban J connectivity index is 3.08. The Morgan fingerprint density at radius 1 is 1.27 bits per heavy atom. The molecule has 1 aromatic rings. The average molecular weight is 306 g/mol. The number of esters is 1. The van der Waals surface area contributed by atoms with Crippen molar-refractivity contribution < 1.29 is 19.0 Å². The summed E-state index contributed by atoms with van der Waals surface area (Å²) in [6.07, 6.45) is 4.60. The molecule has 0 aliphatic carbocycles. The molecular weight excluding hydrogens is 280 g/mol. The van der Waals surface area contributed by atoms with Gasteiger partial charge in [-0.3, -0.25) is 0 Å². The third kappa shape index (κ3) is 4.79. The van der Waals surface area contributed by atoms with Crippen LogP contribution in [-0.4, -0.2) is 20.2 Å². The molecule has 0 aliphatic heterocycles. The minimum Gasteiger partial charge on any atom is -0.500 e. The minimum absolute atomic E-state index is 0.0359. The van der Waals surface area contributed by atoms with Crippen molar-refractivity contribution in [2.45, 2.75) is 46.0 Å². The van der Waals surface area contributed by atoms with Crippen LogP contribution in [-0.2, 0) is 14.3 Å².